The molecule has 0 heterocycles. The molecule has 0 atom stereocenters. The van der Waals surface area contributed by atoms with Crippen molar-refractivity contribution in [3.05, 3.63) is 95.6 Å². The predicted octanol–water partition coefficient (Wildman–Crippen LogP) is 3.70. The van der Waals surface area contributed by atoms with E-state index < -0.39 is 32.5 Å². The summed E-state index contributed by atoms with van der Waals surface area (Å²) in [7, 11) is -4.58. The molecule has 0 spiro atoms. The van der Waals surface area contributed by atoms with E-state index in [-0.39, 0.29) is 17.8 Å². The quantitative estimate of drug-likeness (QED) is 0.660. The third-order valence-corrected chi connectivity index (χ3v) is 5.32. The first-order valence-electron chi connectivity index (χ1n) is 8.26. The van der Waals surface area contributed by atoms with Crippen LogP contribution in [0.15, 0.2) is 77.7 Å². The number of benzene rings is 3. The fourth-order valence-electron chi connectivity index (χ4n) is 2.58. The van der Waals surface area contributed by atoms with E-state index in [9.17, 15) is 22.0 Å². The zero-order chi connectivity index (χ0) is 20.1. The largest absolute Gasteiger partial charge is 0.348 e. The number of nitrogens with one attached hydrogen (secondary N) is 2. The minimum absolute atomic E-state index is 0.0266. The van der Waals surface area contributed by atoms with Crippen molar-refractivity contribution < 1.29 is 22.0 Å². The number of rotatable bonds is 6. The first kappa shape index (κ1) is 19.5. The van der Waals surface area contributed by atoms with Crippen LogP contribution in [-0.2, 0) is 16.6 Å². The summed E-state index contributed by atoms with van der Waals surface area (Å²) in [6.07, 6.45) is 0. The van der Waals surface area contributed by atoms with Gasteiger partial charge in [-0.1, -0.05) is 48.5 Å². The lowest BCUT2D eigenvalue weighted by Gasteiger charge is -2.13. The standard InChI is InChI=1S/C20H16F2N2O3S/c21-16-10-6-11-17(22)19(16)28(26,27)24-18-12-5-4-9-15(18)20(25)23-13-14-7-2-1-3-8-14/h1-12,24H,13H2,(H,23,25). The molecule has 3 aromatic rings. The smallest absolute Gasteiger partial charge is 0.267 e. The van der Waals surface area contributed by atoms with Crippen molar-refractivity contribution in [2.24, 2.45) is 0 Å². The maximum Gasteiger partial charge on any atom is 0.267 e. The van der Waals surface area contributed by atoms with Gasteiger partial charge in [0.2, 0.25) is 0 Å². The molecule has 0 unspecified atom stereocenters. The minimum atomic E-state index is -4.58. The van der Waals surface area contributed by atoms with Gasteiger partial charge in [-0.05, 0) is 29.8 Å². The minimum Gasteiger partial charge on any atom is -0.348 e. The average molecular weight is 402 g/mol. The number of hydrogen-bond acceptors (Lipinski definition) is 3. The molecule has 5 nitrogen and oxygen atoms in total. The molecule has 1 amide bonds. The third kappa shape index (κ3) is 4.34. The number of carbonyl (C=O) groups excluding carboxylic acids is 1. The molecular formula is C20H16F2N2O3S. The zero-order valence-electron chi connectivity index (χ0n) is 14.5. The molecule has 3 rings (SSSR count). The van der Waals surface area contributed by atoms with Gasteiger partial charge in [-0.15, -0.1) is 0 Å². The van der Waals surface area contributed by atoms with E-state index in [2.05, 4.69) is 10.0 Å². The number of para-hydroxylation sites is 1. The van der Waals surface area contributed by atoms with Crippen LogP contribution in [0, 0.1) is 11.6 Å². The molecule has 0 radical (unpaired) electrons. The summed E-state index contributed by atoms with van der Waals surface area (Å²) in [6.45, 7) is 0.239. The number of carbonyl (C=O) groups is 1. The normalized spacial score (nSPS) is 11.1. The molecule has 0 bridgehead atoms. The summed E-state index contributed by atoms with van der Waals surface area (Å²) >= 11 is 0. The maximum absolute atomic E-state index is 13.9. The third-order valence-electron chi connectivity index (χ3n) is 3.90. The monoisotopic (exact) mass is 402 g/mol. The van der Waals surface area contributed by atoms with Crippen molar-refractivity contribution in [3.8, 4) is 0 Å². The van der Waals surface area contributed by atoms with Crippen molar-refractivity contribution in [2.75, 3.05) is 4.72 Å². The molecule has 0 aliphatic rings. The van der Waals surface area contributed by atoms with Gasteiger partial charge in [0.25, 0.3) is 15.9 Å². The molecule has 0 saturated carbocycles. The van der Waals surface area contributed by atoms with Gasteiger partial charge < -0.3 is 5.32 Å². The Bertz CT molecular complexity index is 1080. The Morgan fingerprint density at radius 2 is 1.43 bits per heavy atom. The molecular weight excluding hydrogens is 386 g/mol. The number of halogens is 2. The summed E-state index contributed by atoms with van der Waals surface area (Å²) in [5.41, 5.74) is 0.803. The first-order valence-corrected chi connectivity index (χ1v) is 9.75. The lowest BCUT2D eigenvalue weighted by Crippen LogP contribution is -2.25. The van der Waals surface area contributed by atoms with Crippen LogP contribution in [0.5, 0.6) is 0 Å². The second-order valence-electron chi connectivity index (χ2n) is 5.87. The van der Waals surface area contributed by atoms with Crippen molar-refractivity contribution in [2.45, 2.75) is 11.4 Å². The van der Waals surface area contributed by atoms with E-state index in [1.165, 1.54) is 18.2 Å². The average Bonchev–Trinajstić information content (AvgIpc) is 2.66. The van der Waals surface area contributed by atoms with E-state index in [0.29, 0.717) is 0 Å². The SMILES string of the molecule is O=C(NCc1ccccc1)c1ccccc1NS(=O)(=O)c1c(F)cccc1F. The van der Waals surface area contributed by atoms with Crippen molar-refractivity contribution >= 4 is 21.6 Å². The van der Waals surface area contributed by atoms with Crippen LogP contribution >= 0.6 is 0 Å². The van der Waals surface area contributed by atoms with Gasteiger partial charge in [0.05, 0.1) is 11.3 Å². The van der Waals surface area contributed by atoms with Gasteiger partial charge in [0.15, 0.2) is 4.90 Å². The first-order chi connectivity index (χ1) is 13.4. The van der Waals surface area contributed by atoms with Crippen LogP contribution < -0.4 is 10.0 Å². The van der Waals surface area contributed by atoms with Crippen LogP contribution in [0.2, 0.25) is 0 Å². The van der Waals surface area contributed by atoms with E-state index in [4.69, 9.17) is 0 Å². The fourth-order valence-corrected chi connectivity index (χ4v) is 3.80. The van der Waals surface area contributed by atoms with Crippen LogP contribution in [-0.4, -0.2) is 14.3 Å². The highest BCUT2D eigenvalue weighted by Crippen LogP contribution is 2.24. The summed E-state index contributed by atoms with van der Waals surface area (Å²) in [4.78, 5) is 11.4. The Morgan fingerprint density at radius 1 is 0.821 bits per heavy atom. The van der Waals surface area contributed by atoms with Crippen molar-refractivity contribution in [3.63, 3.8) is 0 Å². The second-order valence-corrected chi connectivity index (χ2v) is 7.49. The molecule has 0 aliphatic heterocycles. The summed E-state index contributed by atoms with van der Waals surface area (Å²) < 4.78 is 54.8. The molecule has 0 fully saturated rings. The zero-order valence-corrected chi connectivity index (χ0v) is 15.3. The molecule has 144 valence electrons. The maximum atomic E-state index is 13.9. The van der Waals surface area contributed by atoms with E-state index in [1.54, 1.807) is 6.07 Å². The number of amides is 1. The highest BCUT2D eigenvalue weighted by atomic mass is 32.2. The molecule has 0 aliphatic carbocycles. The fraction of sp³-hybridized carbons (Fsp3) is 0.0500. The van der Waals surface area contributed by atoms with Gasteiger partial charge in [-0.25, -0.2) is 17.2 Å². The Labute approximate surface area is 161 Å². The van der Waals surface area contributed by atoms with Gasteiger partial charge in [0, 0.05) is 6.54 Å². The van der Waals surface area contributed by atoms with Gasteiger partial charge in [-0.2, -0.15) is 0 Å². The van der Waals surface area contributed by atoms with Gasteiger partial charge in [0.1, 0.15) is 11.6 Å². The highest BCUT2D eigenvalue weighted by Gasteiger charge is 2.25. The molecule has 28 heavy (non-hydrogen) atoms. The molecule has 2 N–H and O–H groups in total. The predicted molar refractivity (Wildman–Crippen MR) is 101 cm³/mol. The van der Waals surface area contributed by atoms with Crippen LogP contribution in [0.4, 0.5) is 14.5 Å². The number of sulfonamides is 1. The summed E-state index contributed by atoms with van der Waals surface area (Å²) in [5.74, 6) is -2.98. The molecule has 3 aromatic carbocycles. The Hall–Kier alpha value is -3.26. The summed E-state index contributed by atoms with van der Waals surface area (Å²) in [6, 6.07) is 17.7. The Kier molecular flexibility index (Phi) is 5.70. The molecule has 0 saturated heterocycles. The Balaban J connectivity index is 1.85. The topological polar surface area (TPSA) is 75.3 Å². The van der Waals surface area contributed by atoms with Crippen molar-refractivity contribution in [1.82, 2.24) is 5.32 Å². The lowest BCUT2D eigenvalue weighted by molar-refractivity contribution is 0.0952. The van der Waals surface area contributed by atoms with Crippen LogP contribution in [0.1, 0.15) is 15.9 Å². The number of hydrogen-bond donors (Lipinski definition) is 2. The number of anilines is 1. The van der Waals surface area contributed by atoms with Gasteiger partial charge in [-0.3, -0.25) is 9.52 Å². The van der Waals surface area contributed by atoms with Crippen LogP contribution in [0.25, 0.3) is 0 Å². The van der Waals surface area contributed by atoms with Gasteiger partial charge >= 0.3 is 0 Å². The van der Waals surface area contributed by atoms with Crippen molar-refractivity contribution in [1.29, 1.82) is 0 Å². The van der Waals surface area contributed by atoms with Crippen LogP contribution in [0.3, 0.4) is 0 Å². The molecule has 8 heteroatoms. The van der Waals surface area contributed by atoms with E-state index >= 15 is 0 Å². The second kappa shape index (κ2) is 8.18. The van der Waals surface area contributed by atoms with E-state index in [1.807, 2.05) is 30.3 Å². The summed E-state index contributed by atoms with van der Waals surface area (Å²) in [5, 5.41) is 2.68. The van der Waals surface area contributed by atoms with E-state index in [0.717, 1.165) is 23.8 Å². The highest BCUT2D eigenvalue weighted by molar-refractivity contribution is 7.92. The Morgan fingerprint density at radius 3 is 2.11 bits per heavy atom. The lowest BCUT2D eigenvalue weighted by atomic mass is 10.1. The molecule has 0 aromatic heterocycles.